The summed E-state index contributed by atoms with van der Waals surface area (Å²) < 4.78 is 27.8. The molecule has 1 aromatic rings. The van der Waals surface area contributed by atoms with E-state index in [-0.39, 0.29) is 10.8 Å². The van der Waals surface area contributed by atoms with Gasteiger partial charge in [-0.15, -0.1) is 0 Å². The van der Waals surface area contributed by atoms with E-state index in [1.165, 1.54) is 0 Å². The van der Waals surface area contributed by atoms with E-state index >= 15 is 0 Å². The number of fused-ring (bicyclic) bond motifs is 1. The van der Waals surface area contributed by atoms with Gasteiger partial charge in [-0.05, 0) is 44.9 Å². The first-order valence-corrected chi connectivity index (χ1v) is 10.4. The van der Waals surface area contributed by atoms with Crippen molar-refractivity contribution in [3.8, 4) is 0 Å². The zero-order valence-corrected chi connectivity index (χ0v) is 16.4. The highest BCUT2D eigenvalue weighted by Crippen LogP contribution is 2.35. The number of nitrogens with one attached hydrogen (secondary N) is 1. The lowest BCUT2D eigenvalue weighted by molar-refractivity contribution is -0.110. The Labute approximate surface area is 151 Å². The summed E-state index contributed by atoms with van der Waals surface area (Å²) in [5, 5.41) is 2.80. The largest absolute Gasteiger partial charge is 0.321 e. The fraction of sp³-hybridized carbons (Fsp3) is 0.526. The molecule has 0 fully saturated rings. The summed E-state index contributed by atoms with van der Waals surface area (Å²) in [6.07, 6.45) is 3.58. The molecule has 1 amide bonds. The zero-order chi connectivity index (χ0) is 18.6. The molecule has 5 nitrogen and oxygen atoms in total. The first-order chi connectivity index (χ1) is 11.8. The smallest absolute Gasteiger partial charge is 0.256 e. The van der Waals surface area contributed by atoms with Crippen molar-refractivity contribution in [1.82, 2.24) is 4.31 Å². The van der Waals surface area contributed by atoms with Crippen LogP contribution in [0.5, 0.6) is 0 Å². The fourth-order valence-corrected chi connectivity index (χ4v) is 4.52. The third-order valence-corrected chi connectivity index (χ3v) is 6.29. The molecule has 0 bridgehead atoms. The van der Waals surface area contributed by atoms with Crippen molar-refractivity contribution in [2.45, 2.75) is 58.3 Å². The second kappa shape index (κ2) is 8.15. The predicted molar refractivity (Wildman–Crippen MR) is 102 cm³/mol. The van der Waals surface area contributed by atoms with Crippen molar-refractivity contribution in [3.05, 3.63) is 29.3 Å². The highest BCUT2D eigenvalue weighted by Gasteiger charge is 2.29. The van der Waals surface area contributed by atoms with Crippen LogP contribution in [-0.4, -0.2) is 31.7 Å². The first kappa shape index (κ1) is 19.7. The molecule has 1 N–H and O–H groups in total. The van der Waals surface area contributed by atoms with Crippen molar-refractivity contribution in [2.75, 3.05) is 18.4 Å². The van der Waals surface area contributed by atoms with Crippen LogP contribution in [0.3, 0.4) is 0 Å². The normalized spacial score (nSPS) is 14.0. The van der Waals surface area contributed by atoms with Gasteiger partial charge < -0.3 is 5.32 Å². The van der Waals surface area contributed by atoms with Gasteiger partial charge in [0.1, 0.15) is 0 Å². The number of carbonyl (C=O) groups is 1. The monoisotopic (exact) mass is 364 g/mol. The van der Waals surface area contributed by atoms with E-state index < -0.39 is 10.0 Å². The van der Waals surface area contributed by atoms with Crippen LogP contribution < -0.4 is 5.32 Å². The maximum Gasteiger partial charge on any atom is 0.256 e. The molecule has 0 atom stereocenters. The molecule has 1 aliphatic heterocycles. The molecule has 1 heterocycles. The first-order valence-electron chi connectivity index (χ1n) is 8.96. The minimum atomic E-state index is -3.56. The topological polar surface area (TPSA) is 66.5 Å². The van der Waals surface area contributed by atoms with Gasteiger partial charge in [0.15, 0.2) is 0 Å². The molecule has 1 aromatic carbocycles. The molecule has 0 spiro atoms. The molecule has 25 heavy (non-hydrogen) atoms. The Bertz CT molecular complexity index is 770. The van der Waals surface area contributed by atoms with Crippen molar-refractivity contribution in [2.24, 2.45) is 0 Å². The number of amides is 1. The summed E-state index contributed by atoms with van der Waals surface area (Å²) in [5.41, 5.74) is 2.80. The van der Waals surface area contributed by atoms with E-state index in [0.717, 1.165) is 31.3 Å². The Balaban J connectivity index is 2.43. The van der Waals surface area contributed by atoms with Gasteiger partial charge in [0.05, 0.1) is 4.90 Å². The van der Waals surface area contributed by atoms with Gasteiger partial charge in [-0.2, -0.15) is 4.31 Å². The Morgan fingerprint density at radius 1 is 1.08 bits per heavy atom. The highest BCUT2D eigenvalue weighted by atomic mass is 32.2. The summed E-state index contributed by atoms with van der Waals surface area (Å²) in [7, 11) is -3.56. The maximum absolute atomic E-state index is 13.1. The summed E-state index contributed by atoms with van der Waals surface area (Å²) in [6, 6.07) is 4.91. The summed E-state index contributed by atoms with van der Waals surface area (Å²) in [4.78, 5) is 12.4. The predicted octanol–water partition coefficient (Wildman–Crippen LogP) is 4.02. The lowest BCUT2D eigenvalue weighted by Gasteiger charge is -2.22. The minimum Gasteiger partial charge on any atom is -0.321 e. The van der Waals surface area contributed by atoms with Crippen LogP contribution in [0.25, 0.3) is 5.57 Å². The van der Waals surface area contributed by atoms with Crippen molar-refractivity contribution in [3.63, 3.8) is 0 Å². The number of hydrogen-bond donors (Lipinski definition) is 1. The minimum absolute atomic E-state index is 0.168. The second-order valence-electron chi connectivity index (χ2n) is 6.65. The summed E-state index contributed by atoms with van der Waals surface area (Å²) in [6.45, 7) is 8.89. The van der Waals surface area contributed by atoms with Gasteiger partial charge in [0.2, 0.25) is 10.0 Å². The molecule has 0 aromatic heterocycles. The van der Waals surface area contributed by atoms with E-state index in [1.54, 1.807) is 22.5 Å². The molecule has 0 radical (unpaired) electrons. The van der Waals surface area contributed by atoms with Gasteiger partial charge in [-0.1, -0.05) is 32.3 Å². The Morgan fingerprint density at radius 2 is 1.68 bits per heavy atom. The molecule has 0 saturated carbocycles. The number of anilines is 1. The van der Waals surface area contributed by atoms with E-state index in [4.69, 9.17) is 0 Å². The molecule has 138 valence electrons. The van der Waals surface area contributed by atoms with Gasteiger partial charge in [-0.3, -0.25) is 4.79 Å². The third-order valence-electron chi connectivity index (χ3n) is 4.40. The molecule has 1 aliphatic rings. The standard InChI is InChI=1S/C19H28N2O3S/c1-5-7-11-21(12-8-6-2)25(23,24)15-9-10-17-16(13-15)18(14(3)4)19(22)20-17/h9-10,13H,5-8,11-12H2,1-4H3,(H,20,22). The average Bonchev–Trinajstić information content (AvgIpc) is 2.89. The van der Waals surface area contributed by atoms with Crippen molar-refractivity contribution in [1.29, 1.82) is 0 Å². The number of hydrogen-bond acceptors (Lipinski definition) is 3. The maximum atomic E-state index is 13.1. The molecule has 0 saturated heterocycles. The lowest BCUT2D eigenvalue weighted by atomic mass is 10.0. The molecule has 2 rings (SSSR count). The molecule has 6 heteroatoms. The quantitative estimate of drug-likeness (QED) is 0.708. The van der Waals surface area contributed by atoms with Crippen molar-refractivity contribution >= 4 is 27.2 Å². The molecular formula is C19H28N2O3S. The number of rotatable bonds is 8. The van der Waals surface area contributed by atoms with Crippen LogP contribution in [0.1, 0.15) is 58.9 Å². The molecule has 0 unspecified atom stereocenters. The third kappa shape index (κ3) is 4.12. The van der Waals surface area contributed by atoms with E-state index in [2.05, 4.69) is 19.2 Å². The summed E-state index contributed by atoms with van der Waals surface area (Å²) >= 11 is 0. The van der Waals surface area contributed by atoms with Crippen molar-refractivity contribution < 1.29 is 13.2 Å². The SMILES string of the molecule is CCCCN(CCCC)S(=O)(=O)c1ccc2c(c1)C(=C(C)C)C(=O)N2. The van der Waals surface area contributed by atoms with Gasteiger partial charge in [0, 0.05) is 29.9 Å². The van der Waals surface area contributed by atoms with E-state index in [9.17, 15) is 13.2 Å². The number of carbonyl (C=O) groups excluding carboxylic acids is 1. The van der Waals surface area contributed by atoms with Crippen LogP contribution in [-0.2, 0) is 14.8 Å². The van der Waals surface area contributed by atoms with Gasteiger partial charge in [-0.25, -0.2) is 8.42 Å². The van der Waals surface area contributed by atoms with Gasteiger partial charge in [0.25, 0.3) is 5.91 Å². The number of benzene rings is 1. The van der Waals surface area contributed by atoms with Crippen LogP contribution >= 0.6 is 0 Å². The van der Waals surface area contributed by atoms with Gasteiger partial charge >= 0.3 is 0 Å². The zero-order valence-electron chi connectivity index (χ0n) is 15.6. The van der Waals surface area contributed by atoms with E-state index in [0.29, 0.717) is 29.9 Å². The van der Waals surface area contributed by atoms with Crippen LogP contribution in [0.15, 0.2) is 28.7 Å². The average molecular weight is 365 g/mol. The number of nitrogens with zero attached hydrogens (tertiary/aromatic N) is 1. The van der Waals surface area contributed by atoms with Crippen LogP contribution in [0.4, 0.5) is 5.69 Å². The lowest BCUT2D eigenvalue weighted by Crippen LogP contribution is -2.33. The number of allylic oxidation sites excluding steroid dienone is 1. The molecule has 0 aliphatic carbocycles. The Morgan fingerprint density at radius 3 is 2.20 bits per heavy atom. The van der Waals surface area contributed by atoms with E-state index in [1.807, 2.05) is 13.8 Å². The Hall–Kier alpha value is -1.66. The number of unbranched alkanes of at least 4 members (excludes halogenated alkanes) is 2. The fourth-order valence-electron chi connectivity index (χ4n) is 2.97. The van der Waals surface area contributed by atoms with Crippen LogP contribution in [0, 0.1) is 0 Å². The molecular weight excluding hydrogens is 336 g/mol. The van der Waals surface area contributed by atoms with Crippen LogP contribution in [0.2, 0.25) is 0 Å². The number of sulfonamides is 1. The summed E-state index contributed by atoms with van der Waals surface area (Å²) in [5.74, 6) is -0.168. The highest BCUT2D eigenvalue weighted by molar-refractivity contribution is 7.89. The second-order valence-corrected chi connectivity index (χ2v) is 8.59. The Kier molecular flexibility index (Phi) is 6.41.